The van der Waals surface area contributed by atoms with E-state index < -0.39 is 5.97 Å². The molecule has 2 aromatic heterocycles. The Labute approximate surface area is 178 Å². The SMILES string of the molecule is CC1=C(C#N)c2nc(N)c(C#N)c(C)c2/C1=C\c1ccc(-c2ccccc2C(=O)O)o1. The fourth-order valence-corrected chi connectivity index (χ4v) is 3.80. The molecule has 0 saturated carbocycles. The molecular weight excluding hydrogens is 392 g/mol. The lowest BCUT2D eigenvalue weighted by Crippen LogP contribution is -2.03. The Morgan fingerprint density at radius 1 is 1.16 bits per heavy atom. The largest absolute Gasteiger partial charge is 0.478 e. The van der Waals surface area contributed by atoms with Gasteiger partial charge in [-0.3, -0.25) is 0 Å². The molecule has 3 aromatic rings. The third kappa shape index (κ3) is 3.06. The van der Waals surface area contributed by atoms with E-state index in [9.17, 15) is 20.4 Å². The summed E-state index contributed by atoms with van der Waals surface area (Å²) in [5, 5.41) is 28.5. The maximum absolute atomic E-state index is 11.5. The molecule has 0 fully saturated rings. The van der Waals surface area contributed by atoms with Crippen molar-refractivity contribution in [3.05, 3.63) is 75.7 Å². The molecule has 2 heterocycles. The number of hydrogen-bond acceptors (Lipinski definition) is 6. The first-order chi connectivity index (χ1) is 14.9. The fraction of sp³-hybridized carbons (Fsp3) is 0.0833. The number of anilines is 1. The predicted octanol–water partition coefficient (Wildman–Crippen LogP) is 4.65. The van der Waals surface area contributed by atoms with Gasteiger partial charge in [-0.05, 0) is 54.8 Å². The van der Waals surface area contributed by atoms with Gasteiger partial charge in [0, 0.05) is 11.1 Å². The molecule has 3 N–H and O–H groups in total. The molecule has 0 aliphatic heterocycles. The molecule has 0 saturated heterocycles. The summed E-state index contributed by atoms with van der Waals surface area (Å²) in [4.78, 5) is 15.8. The van der Waals surface area contributed by atoms with Gasteiger partial charge in [0.25, 0.3) is 0 Å². The third-order valence-electron chi connectivity index (χ3n) is 5.32. The Balaban J connectivity index is 1.88. The van der Waals surface area contributed by atoms with Gasteiger partial charge in [-0.25, -0.2) is 9.78 Å². The zero-order chi connectivity index (χ0) is 22.3. The lowest BCUT2D eigenvalue weighted by atomic mass is 9.96. The predicted molar refractivity (Wildman–Crippen MR) is 115 cm³/mol. The van der Waals surface area contributed by atoms with Crippen LogP contribution in [0, 0.1) is 29.6 Å². The zero-order valence-electron chi connectivity index (χ0n) is 16.7. The number of carboxylic acid groups (broad SMARTS) is 1. The number of nitrogen functional groups attached to an aromatic ring is 1. The second-order valence-corrected chi connectivity index (χ2v) is 7.06. The molecule has 0 unspecified atom stereocenters. The molecule has 0 bridgehead atoms. The number of nitrogens with two attached hydrogens (primary N) is 1. The summed E-state index contributed by atoms with van der Waals surface area (Å²) in [6.07, 6.45) is 1.76. The van der Waals surface area contributed by atoms with Gasteiger partial charge < -0.3 is 15.3 Å². The molecular formula is C24H16N4O3. The van der Waals surface area contributed by atoms with Crippen molar-refractivity contribution in [1.82, 2.24) is 4.98 Å². The average molecular weight is 408 g/mol. The van der Waals surface area contributed by atoms with Gasteiger partial charge in [-0.15, -0.1) is 0 Å². The molecule has 0 spiro atoms. The van der Waals surface area contributed by atoms with Crippen molar-refractivity contribution in [2.45, 2.75) is 13.8 Å². The van der Waals surface area contributed by atoms with Crippen LogP contribution in [0.5, 0.6) is 0 Å². The number of rotatable bonds is 3. The number of furan rings is 1. The summed E-state index contributed by atoms with van der Waals surface area (Å²) in [5.74, 6) is -0.0667. The number of carbonyl (C=O) groups is 1. The van der Waals surface area contributed by atoms with Crippen LogP contribution >= 0.6 is 0 Å². The van der Waals surface area contributed by atoms with Gasteiger partial charge >= 0.3 is 5.97 Å². The number of nitrogens with zero attached hydrogens (tertiary/aromatic N) is 3. The van der Waals surface area contributed by atoms with Crippen LogP contribution < -0.4 is 5.73 Å². The maximum Gasteiger partial charge on any atom is 0.336 e. The lowest BCUT2D eigenvalue weighted by Gasteiger charge is -2.10. The van der Waals surface area contributed by atoms with Crippen LogP contribution in [0.15, 0.2) is 46.4 Å². The van der Waals surface area contributed by atoms with Crippen molar-refractivity contribution < 1.29 is 14.3 Å². The molecule has 0 amide bonds. The number of fused-ring (bicyclic) bond motifs is 1. The monoisotopic (exact) mass is 408 g/mol. The van der Waals surface area contributed by atoms with E-state index in [0.717, 1.165) is 0 Å². The molecule has 150 valence electrons. The number of nitriles is 2. The number of benzene rings is 1. The Morgan fingerprint density at radius 3 is 2.58 bits per heavy atom. The summed E-state index contributed by atoms with van der Waals surface area (Å²) in [6.45, 7) is 3.57. The van der Waals surface area contributed by atoms with Crippen LogP contribution in [0.2, 0.25) is 0 Å². The smallest absolute Gasteiger partial charge is 0.336 e. The third-order valence-corrected chi connectivity index (χ3v) is 5.32. The van der Waals surface area contributed by atoms with Crippen LogP contribution in [0.25, 0.3) is 28.5 Å². The Bertz CT molecular complexity index is 1410. The van der Waals surface area contributed by atoms with Crippen LogP contribution in [-0.4, -0.2) is 16.1 Å². The van der Waals surface area contributed by atoms with Gasteiger partial charge in [-0.2, -0.15) is 10.5 Å². The molecule has 7 heteroatoms. The van der Waals surface area contributed by atoms with E-state index in [4.69, 9.17) is 10.2 Å². The highest BCUT2D eigenvalue weighted by Gasteiger charge is 2.30. The van der Waals surface area contributed by atoms with E-state index in [1.165, 1.54) is 6.07 Å². The highest BCUT2D eigenvalue weighted by molar-refractivity contribution is 6.08. The van der Waals surface area contributed by atoms with Crippen LogP contribution in [-0.2, 0) is 0 Å². The molecule has 1 aromatic carbocycles. The van der Waals surface area contributed by atoms with Crippen LogP contribution in [0.1, 0.15) is 45.4 Å². The first-order valence-corrected chi connectivity index (χ1v) is 9.33. The summed E-state index contributed by atoms with van der Waals surface area (Å²) in [7, 11) is 0. The molecule has 4 rings (SSSR count). The Morgan fingerprint density at radius 2 is 1.90 bits per heavy atom. The normalized spacial score (nSPS) is 13.7. The van der Waals surface area contributed by atoms with Crippen molar-refractivity contribution in [2.24, 2.45) is 0 Å². The Hall–Kier alpha value is -4.62. The minimum atomic E-state index is -1.04. The lowest BCUT2D eigenvalue weighted by molar-refractivity contribution is 0.0697. The second kappa shape index (κ2) is 7.33. The second-order valence-electron chi connectivity index (χ2n) is 7.06. The highest BCUT2D eigenvalue weighted by atomic mass is 16.4. The molecule has 31 heavy (non-hydrogen) atoms. The number of pyridine rings is 1. The van der Waals surface area contributed by atoms with Crippen molar-refractivity contribution in [1.29, 1.82) is 10.5 Å². The van der Waals surface area contributed by atoms with E-state index in [1.54, 1.807) is 50.3 Å². The molecule has 0 atom stereocenters. The van der Waals surface area contributed by atoms with E-state index in [-0.39, 0.29) is 16.9 Å². The number of allylic oxidation sites excluding steroid dienone is 3. The number of aromatic carboxylic acids is 1. The number of aromatic nitrogens is 1. The summed E-state index contributed by atoms with van der Waals surface area (Å²) in [6, 6.07) is 14.3. The van der Waals surface area contributed by atoms with Gasteiger partial charge in [-0.1, -0.05) is 18.2 Å². The summed E-state index contributed by atoms with van der Waals surface area (Å²) >= 11 is 0. The van der Waals surface area contributed by atoms with Gasteiger partial charge in [0.2, 0.25) is 0 Å². The van der Waals surface area contributed by atoms with E-state index in [0.29, 0.717) is 50.6 Å². The highest BCUT2D eigenvalue weighted by Crippen LogP contribution is 2.44. The van der Waals surface area contributed by atoms with E-state index in [1.807, 2.05) is 0 Å². The first-order valence-electron chi connectivity index (χ1n) is 9.33. The minimum absolute atomic E-state index is 0.0890. The first kappa shape index (κ1) is 19.7. The van der Waals surface area contributed by atoms with Gasteiger partial charge in [0.1, 0.15) is 29.5 Å². The van der Waals surface area contributed by atoms with Crippen molar-refractivity contribution in [3.63, 3.8) is 0 Å². The number of hydrogen-bond donors (Lipinski definition) is 2. The minimum Gasteiger partial charge on any atom is -0.478 e. The molecule has 1 aliphatic carbocycles. The van der Waals surface area contributed by atoms with Gasteiger partial charge in [0.15, 0.2) is 0 Å². The Kier molecular flexibility index (Phi) is 4.65. The molecule has 7 nitrogen and oxygen atoms in total. The fourth-order valence-electron chi connectivity index (χ4n) is 3.80. The molecule has 1 aliphatic rings. The quantitative estimate of drug-likeness (QED) is 0.643. The van der Waals surface area contributed by atoms with Crippen LogP contribution in [0.3, 0.4) is 0 Å². The maximum atomic E-state index is 11.5. The van der Waals surface area contributed by atoms with Crippen molar-refractivity contribution >= 4 is 29.0 Å². The van der Waals surface area contributed by atoms with Crippen molar-refractivity contribution in [3.8, 4) is 23.5 Å². The van der Waals surface area contributed by atoms with Gasteiger partial charge in [0.05, 0.1) is 22.4 Å². The summed E-state index contributed by atoms with van der Waals surface area (Å²) < 4.78 is 5.92. The van der Waals surface area contributed by atoms with Crippen molar-refractivity contribution in [2.75, 3.05) is 5.73 Å². The van der Waals surface area contributed by atoms with E-state index in [2.05, 4.69) is 17.1 Å². The summed E-state index contributed by atoms with van der Waals surface area (Å²) in [5.41, 5.74) is 10.4. The topological polar surface area (TPSA) is 137 Å². The zero-order valence-corrected chi connectivity index (χ0v) is 16.7. The average Bonchev–Trinajstić information content (AvgIpc) is 3.31. The standard InChI is InChI=1S/C24H16N4O3/c1-12-17(21-13(2)19(11-26)23(27)28-22(21)18(12)10-25)9-14-7-8-20(31-14)15-5-3-4-6-16(15)24(29)30/h3-9H,1-2H3,(H2,27,28)(H,29,30)/b17-9-. The van der Waals surface area contributed by atoms with E-state index >= 15 is 0 Å². The van der Waals surface area contributed by atoms with Crippen LogP contribution in [0.4, 0.5) is 5.82 Å². The number of carboxylic acids is 1. The molecule has 0 radical (unpaired) electrons.